The third-order valence-electron chi connectivity index (χ3n) is 8.60. The van der Waals surface area contributed by atoms with Crippen LogP contribution in [-0.4, -0.2) is 6.21 Å². The summed E-state index contributed by atoms with van der Waals surface area (Å²) < 4.78 is 0. The van der Waals surface area contributed by atoms with Gasteiger partial charge in [0.25, 0.3) is 0 Å². The number of anilines is 1. The van der Waals surface area contributed by atoms with Crippen LogP contribution >= 0.6 is 0 Å². The van der Waals surface area contributed by atoms with Crippen molar-refractivity contribution in [2.75, 3.05) is 5.01 Å². The summed E-state index contributed by atoms with van der Waals surface area (Å²) >= 11 is 0. The predicted molar refractivity (Wildman–Crippen MR) is 154 cm³/mol. The van der Waals surface area contributed by atoms with Crippen LogP contribution < -0.4 is 10.7 Å². The molecule has 1 spiro atoms. The van der Waals surface area contributed by atoms with Gasteiger partial charge in [-0.15, -0.1) is 0 Å². The van der Waals surface area contributed by atoms with E-state index in [0.717, 1.165) is 5.69 Å². The molecule has 1 aliphatic heterocycles. The molecule has 0 amide bonds. The predicted octanol–water partition coefficient (Wildman–Crippen LogP) is 7.68. The standard InChI is InChI=1S/C34H21N3/c35-17-6-18-36-37-29-12-5-8-21-14-16-24-27-19-26-22-9-2-1-7-20(22)13-15-23(26)31-25-10-3-4-11-28(25)34(37,33(27)31)32(24)30(21)29/h1-19H,35H2. The maximum atomic E-state index is 5.70. The Kier molecular flexibility index (Phi) is 3.37. The van der Waals surface area contributed by atoms with Crippen molar-refractivity contribution >= 4 is 44.2 Å². The van der Waals surface area contributed by atoms with E-state index in [0.29, 0.717) is 0 Å². The normalized spacial score (nSPS) is 18.2. The molecule has 0 saturated carbocycles. The Bertz CT molecular complexity index is 2070. The molecule has 2 N–H and O–H groups in total. The largest absolute Gasteiger partial charge is 0.405 e. The second kappa shape index (κ2) is 6.45. The van der Waals surface area contributed by atoms with E-state index >= 15 is 0 Å². The summed E-state index contributed by atoms with van der Waals surface area (Å²) in [7, 11) is 0. The van der Waals surface area contributed by atoms with Gasteiger partial charge < -0.3 is 5.73 Å². The number of benzene rings is 6. The number of fused-ring (bicyclic) bond motifs is 7. The molecule has 0 saturated heterocycles. The zero-order valence-corrected chi connectivity index (χ0v) is 19.9. The minimum absolute atomic E-state index is 0.501. The summed E-state index contributed by atoms with van der Waals surface area (Å²) in [6.07, 6.45) is 5.14. The van der Waals surface area contributed by atoms with E-state index in [4.69, 9.17) is 10.8 Å². The molecule has 6 aromatic rings. The zero-order chi connectivity index (χ0) is 24.3. The van der Waals surface area contributed by atoms with Gasteiger partial charge in [0.15, 0.2) is 0 Å². The molecule has 9 rings (SSSR count). The molecule has 0 bridgehead atoms. The molecule has 6 aromatic carbocycles. The summed E-state index contributed by atoms with van der Waals surface area (Å²) in [6.45, 7) is 0. The van der Waals surface area contributed by atoms with Crippen LogP contribution in [0, 0.1) is 0 Å². The van der Waals surface area contributed by atoms with E-state index in [1.54, 1.807) is 6.08 Å². The number of hydrazone groups is 1. The molecule has 0 fully saturated rings. The first-order valence-corrected chi connectivity index (χ1v) is 12.7. The summed E-state index contributed by atoms with van der Waals surface area (Å²) in [5, 5.41) is 15.0. The van der Waals surface area contributed by atoms with Crippen LogP contribution in [-0.2, 0) is 5.54 Å². The molecule has 2 aliphatic carbocycles. The van der Waals surface area contributed by atoms with Gasteiger partial charge in [0.2, 0.25) is 0 Å². The lowest BCUT2D eigenvalue weighted by Crippen LogP contribution is -2.39. The molecular weight excluding hydrogens is 450 g/mol. The van der Waals surface area contributed by atoms with E-state index in [1.807, 2.05) is 6.21 Å². The number of nitrogens with two attached hydrogens (primary N) is 1. The van der Waals surface area contributed by atoms with Crippen LogP contribution in [0.1, 0.15) is 16.7 Å². The SMILES string of the molecule is NC=CC=NN1c2cccc3ccc4c(c23)C12c1ccccc1-c1c2c-4cc2c1ccc1ccccc12. The summed E-state index contributed by atoms with van der Waals surface area (Å²) in [5.74, 6) is 0. The molecule has 1 atom stereocenters. The fourth-order valence-corrected chi connectivity index (χ4v) is 7.38. The van der Waals surface area contributed by atoms with Crippen LogP contribution in [0.2, 0.25) is 0 Å². The second-order valence-electron chi connectivity index (χ2n) is 10.1. The molecule has 3 heteroatoms. The third kappa shape index (κ3) is 2.02. The minimum Gasteiger partial charge on any atom is -0.405 e. The lowest BCUT2D eigenvalue weighted by molar-refractivity contribution is 0.626. The van der Waals surface area contributed by atoms with Gasteiger partial charge in [-0.05, 0) is 79.2 Å². The van der Waals surface area contributed by atoms with Crippen LogP contribution in [0.3, 0.4) is 0 Å². The first-order valence-electron chi connectivity index (χ1n) is 12.7. The fraction of sp³-hybridized carbons (Fsp3) is 0.0294. The first kappa shape index (κ1) is 19.3. The van der Waals surface area contributed by atoms with Crippen molar-refractivity contribution in [3.63, 3.8) is 0 Å². The van der Waals surface area contributed by atoms with Crippen molar-refractivity contribution in [1.29, 1.82) is 0 Å². The highest BCUT2D eigenvalue weighted by Gasteiger charge is 2.60. The molecule has 0 radical (unpaired) electrons. The number of hydrogen-bond donors (Lipinski definition) is 1. The van der Waals surface area contributed by atoms with Gasteiger partial charge in [0.1, 0.15) is 5.54 Å². The highest BCUT2D eigenvalue weighted by molar-refractivity contribution is 6.21. The average Bonchev–Trinajstić information content (AvgIpc) is 3.53. The summed E-state index contributed by atoms with van der Waals surface area (Å²) in [4.78, 5) is 0. The number of allylic oxidation sites excluding steroid dienone is 1. The van der Waals surface area contributed by atoms with Gasteiger partial charge in [0, 0.05) is 22.7 Å². The van der Waals surface area contributed by atoms with Gasteiger partial charge >= 0.3 is 0 Å². The van der Waals surface area contributed by atoms with E-state index in [1.165, 1.54) is 77.5 Å². The molecule has 1 unspecified atom stereocenters. The molecular formula is C34H21N3. The lowest BCUT2D eigenvalue weighted by atomic mass is 9.84. The summed E-state index contributed by atoms with van der Waals surface area (Å²) in [6, 6.07) is 35.8. The van der Waals surface area contributed by atoms with Gasteiger partial charge in [-0.2, -0.15) is 5.10 Å². The highest BCUT2D eigenvalue weighted by atomic mass is 15.5. The Morgan fingerprint density at radius 3 is 2.46 bits per heavy atom. The Hall–Kier alpha value is -4.89. The van der Waals surface area contributed by atoms with Crippen LogP contribution in [0.5, 0.6) is 0 Å². The minimum atomic E-state index is -0.501. The molecule has 172 valence electrons. The maximum Gasteiger partial charge on any atom is 0.141 e. The van der Waals surface area contributed by atoms with Gasteiger partial charge in [-0.25, -0.2) is 5.01 Å². The van der Waals surface area contributed by atoms with Crippen LogP contribution in [0.25, 0.3) is 54.6 Å². The van der Waals surface area contributed by atoms with Crippen molar-refractivity contribution in [1.82, 2.24) is 0 Å². The Morgan fingerprint density at radius 1 is 0.676 bits per heavy atom. The maximum absolute atomic E-state index is 5.70. The first-order chi connectivity index (χ1) is 18.3. The number of rotatable bonds is 2. The number of hydrogen-bond acceptors (Lipinski definition) is 3. The van der Waals surface area contributed by atoms with Gasteiger partial charge in [-0.1, -0.05) is 84.9 Å². The average molecular weight is 472 g/mol. The van der Waals surface area contributed by atoms with E-state index in [2.05, 4.69) is 102 Å². The van der Waals surface area contributed by atoms with Crippen molar-refractivity contribution < 1.29 is 0 Å². The van der Waals surface area contributed by atoms with Crippen molar-refractivity contribution in [3.05, 3.63) is 126 Å². The molecule has 0 aromatic heterocycles. The molecule has 37 heavy (non-hydrogen) atoms. The van der Waals surface area contributed by atoms with E-state index in [-0.39, 0.29) is 0 Å². The Labute approximate surface area is 213 Å². The van der Waals surface area contributed by atoms with Crippen molar-refractivity contribution in [2.24, 2.45) is 10.8 Å². The van der Waals surface area contributed by atoms with Crippen LogP contribution in [0.15, 0.2) is 114 Å². The van der Waals surface area contributed by atoms with Crippen molar-refractivity contribution in [2.45, 2.75) is 5.54 Å². The Morgan fingerprint density at radius 2 is 1.51 bits per heavy atom. The highest BCUT2D eigenvalue weighted by Crippen LogP contribution is 2.69. The molecule has 1 heterocycles. The zero-order valence-electron chi connectivity index (χ0n) is 19.9. The molecule has 3 nitrogen and oxygen atoms in total. The van der Waals surface area contributed by atoms with Gasteiger partial charge in [0.05, 0.1) is 5.69 Å². The van der Waals surface area contributed by atoms with Gasteiger partial charge in [-0.3, -0.25) is 0 Å². The topological polar surface area (TPSA) is 41.6 Å². The second-order valence-corrected chi connectivity index (χ2v) is 10.1. The molecule has 3 aliphatic rings. The van der Waals surface area contributed by atoms with Crippen molar-refractivity contribution in [3.8, 4) is 22.3 Å². The van der Waals surface area contributed by atoms with Crippen LogP contribution in [0.4, 0.5) is 5.69 Å². The summed E-state index contributed by atoms with van der Waals surface area (Å²) in [5.41, 5.74) is 15.6. The smallest absolute Gasteiger partial charge is 0.141 e. The van der Waals surface area contributed by atoms with E-state index < -0.39 is 5.54 Å². The quantitative estimate of drug-likeness (QED) is 0.208. The number of nitrogens with zero attached hydrogens (tertiary/aromatic N) is 2. The van der Waals surface area contributed by atoms with E-state index in [9.17, 15) is 0 Å². The Balaban J connectivity index is 1.55. The third-order valence-corrected chi connectivity index (χ3v) is 8.60. The lowest BCUT2D eigenvalue weighted by Gasteiger charge is -2.34. The monoisotopic (exact) mass is 471 g/mol. The fourth-order valence-electron chi connectivity index (χ4n) is 7.38.